The number of anilines is 1. The van der Waals surface area contributed by atoms with Crippen LogP contribution >= 0.6 is 15.9 Å². The molecule has 106 valence electrons. The number of hydrazone groups is 1. The Labute approximate surface area is 124 Å². The van der Waals surface area contributed by atoms with Gasteiger partial charge in [0.1, 0.15) is 0 Å². The molecule has 0 N–H and O–H groups in total. The number of halogens is 1. The van der Waals surface area contributed by atoms with Crippen LogP contribution < -0.4 is 5.01 Å². The molecule has 0 bridgehead atoms. The topological polar surface area (TPSA) is 68.2 Å². The van der Waals surface area contributed by atoms with Gasteiger partial charge in [-0.15, -0.1) is 0 Å². The van der Waals surface area contributed by atoms with Crippen molar-refractivity contribution in [1.29, 1.82) is 0 Å². The maximum Gasteiger partial charge on any atom is 0.369 e. The van der Waals surface area contributed by atoms with Gasteiger partial charge >= 0.3 is 11.9 Å². The number of benzene rings is 1. The van der Waals surface area contributed by atoms with Crippen LogP contribution in [0.25, 0.3) is 0 Å². The van der Waals surface area contributed by atoms with Gasteiger partial charge in [-0.25, -0.2) is 9.59 Å². The molecule has 0 amide bonds. The number of hydrogen-bond donors (Lipinski definition) is 0. The number of ether oxygens (including phenoxy) is 2. The van der Waals surface area contributed by atoms with Gasteiger partial charge in [0.2, 0.25) is 0 Å². The van der Waals surface area contributed by atoms with Crippen molar-refractivity contribution < 1.29 is 19.1 Å². The SMILES string of the molecule is CN(N=C1C(=O)OC(C)(C)OC1=O)c1ccc(Br)cc1. The fourth-order valence-electron chi connectivity index (χ4n) is 1.59. The van der Waals surface area contributed by atoms with E-state index in [1.807, 2.05) is 12.1 Å². The van der Waals surface area contributed by atoms with Crippen molar-refractivity contribution in [2.75, 3.05) is 12.1 Å². The van der Waals surface area contributed by atoms with Crippen molar-refractivity contribution in [3.8, 4) is 0 Å². The lowest BCUT2D eigenvalue weighted by atomic mass is 10.3. The Kier molecular flexibility index (Phi) is 3.80. The van der Waals surface area contributed by atoms with Crippen molar-refractivity contribution in [2.45, 2.75) is 19.6 Å². The maximum atomic E-state index is 11.8. The molecular weight excluding hydrogens is 328 g/mol. The summed E-state index contributed by atoms with van der Waals surface area (Å²) in [6, 6.07) is 7.23. The summed E-state index contributed by atoms with van der Waals surface area (Å²) in [5.41, 5.74) is 0.334. The molecule has 2 rings (SSSR count). The maximum absolute atomic E-state index is 11.8. The third-order valence-corrected chi connectivity index (χ3v) is 3.04. The highest BCUT2D eigenvalue weighted by Crippen LogP contribution is 2.20. The molecule has 20 heavy (non-hydrogen) atoms. The fraction of sp³-hybridized carbons (Fsp3) is 0.308. The van der Waals surface area contributed by atoms with E-state index in [2.05, 4.69) is 21.0 Å². The zero-order valence-corrected chi connectivity index (χ0v) is 12.8. The van der Waals surface area contributed by atoms with Crippen LogP contribution in [0.15, 0.2) is 33.8 Å². The van der Waals surface area contributed by atoms with Gasteiger partial charge in [-0.3, -0.25) is 5.01 Å². The Morgan fingerprint density at radius 1 is 1.10 bits per heavy atom. The summed E-state index contributed by atoms with van der Waals surface area (Å²) in [6.45, 7) is 2.97. The van der Waals surface area contributed by atoms with Gasteiger partial charge in [-0.2, -0.15) is 5.10 Å². The number of hydrogen-bond acceptors (Lipinski definition) is 6. The molecule has 0 aromatic heterocycles. The monoisotopic (exact) mass is 340 g/mol. The predicted molar refractivity (Wildman–Crippen MR) is 76.2 cm³/mol. The van der Waals surface area contributed by atoms with Gasteiger partial charge < -0.3 is 9.47 Å². The Morgan fingerprint density at radius 3 is 2.10 bits per heavy atom. The molecule has 1 aromatic carbocycles. The van der Waals surface area contributed by atoms with Crippen LogP contribution in [0.4, 0.5) is 5.69 Å². The van der Waals surface area contributed by atoms with Crippen LogP contribution in [-0.4, -0.2) is 30.5 Å². The van der Waals surface area contributed by atoms with Crippen molar-refractivity contribution in [3.05, 3.63) is 28.7 Å². The molecule has 6 nitrogen and oxygen atoms in total. The third-order valence-electron chi connectivity index (χ3n) is 2.51. The standard InChI is InChI=1S/C13H13BrN2O4/c1-13(2)19-11(17)10(12(18)20-13)15-16(3)9-6-4-8(14)5-7-9/h4-7H,1-3H3. The molecule has 0 radical (unpaired) electrons. The number of rotatable bonds is 2. The minimum atomic E-state index is -1.26. The van der Waals surface area contributed by atoms with E-state index in [-0.39, 0.29) is 5.71 Å². The van der Waals surface area contributed by atoms with E-state index in [0.717, 1.165) is 4.47 Å². The molecule has 0 aliphatic carbocycles. The lowest BCUT2D eigenvalue weighted by Gasteiger charge is -2.29. The summed E-state index contributed by atoms with van der Waals surface area (Å²) in [5.74, 6) is -2.85. The highest BCUT2D eigenvalue weighted by atomic mass is 79.9. The summed E-state index contributed by atoms with van der Waals surface area (Å²) >= 11 is 3.32. The molecule has 0 saturated carbocycles. The molecule has 1 aliphatic rings. The minimum absolute atomic E-state index is 0.380. The Morgan fingerprint density at radius 2 is 1.60 bits per heavy atom. The Bertz CT molecular complexity index is 559. The lowest BCUT2D eigenvalue weighted by molar-refractivity contribution is -0.214. The Hall–Kier alpha value is -1.89. The van der Waals surface area contributed by atoms with E-state index < -0.39 is 17.7 Å². The first-order valence-corrected chi connectivity index (χ1v) is 6.62. The first-order valence-electron chi connectivity index (χ1n) is 5.83. The van der Waals surface area contributed by atoms with Gasteiger partial charge in [0.15, 0.2) is 0 Å². The molecule has 7 heteroatoms. The average Bonchev–Trinajstić information content (AvgIpc) is 2.33. The van der Waals surface area contributed by atoms with E-state index >= 15 is 0 Å². The van der Waals surface area contributed by atoms with Gasteiger partial charge in [0, 0.05) is 25.4 Å². The summed E-state index contributed by atoms with van der Waals surface area (Å²) in [5, 5.41) is 5.35. The number of cyclic esters (lactones) is 2. The lowest BCUT2D eigenvalue weighted by Crippen LogP contribution is -2.47. The second kappa shape index (κ2) is 5.24. The van der Waals surface area contributed by atoms with Gasteiger partial charge in [0.05, 0.1) is 5.69 Å². The quantitative estimate of drug-likeness (QED) is 0.609. The largest absolute Gasteiger partial charge is 0.418 e. The highest BCUT2D eigenvalue weighted by Gasteiger charge is 2.40. The number of nitrogens with zero attached hydrogens (tertiary/aromatic N) is 2. The van der Waals surface area contributed by atoms with E-state index in [4.69, 9.17) is 9.47 Å². The molecule has 0 unspecified atom stereocenters. The van der Waals surface area contributed by atoms with E-state index in [9.17, 15) is 9.59 Å². The first-order chi connectivity index (χ1) is 9.28. The normalized spacial score (nSPS) is 17.3. The van der Waals surface area contributed by atoms with Crippen LogP contribution in [0.3, 0.4) is 0 Å². The molecule has 1 saturated heterocycles. The van der Waals surface area contributed by atoms with Crippen LogP contribution in [0.2, 0.25) is 0 Å². The average molecular weight is 341 g/mol. The van der Waals surface area contributed by atoms with Crippen molar-refractivity contribution in [2.24, 2.45) is 5.10 Å². The fourth-order valence-corrected chi connectivity index (χ4v) is 1.86. The van der Waals surface area contributed by atoms with Gasteiger partial charge in [-0.05, 0) is 24.3 Å². The van der Waals surface area contributed by atoms with Gasteiger partial charge in [0.25, 0.3) is 11.5 Å². The summed E-state index contributed by atoms with van der Waals surface area (Å²) in [6.07, 6.45) is 0. The number of carbonyl (C=O) groups is 2. The summed E-state index contributed by atoms with van der Waals surface area (Å²) in [4.78, 5) is 23.5. The molecule has 0 atom stereocenters. The third kappa shape index (κ3) is 3.16. The van der Waals surface area contributed by atoms with E-state index in [1.54, 1.807) is 19.2 Å². The molecule has 1 aliphatic heterocycles. The minimum Gasteiger partial charge on any atom is -0.418 e. The van der Waals surface area contributed by atoms with Gasteiger partial charge in [-0.1, -0.05) is 15.9 Å². The molecular formula is C13H13BrN2O4. The number of carbonyl (C=O) groups excluding carboxylic acids is 2. The second-order valence-electron chi connectivity index (χ2n) is 4.63. The molecule has 1 aromatic rings. The van der Waals surface area contributed by atoms with E-state index in [1.165, 1.54) is 18.9 Å². The smallest absolute Gasteiger partial charge is 0.369 e. The molecule has 1 fully saturated rings. The second-order valence-corrected chi connectivity index (χ2v) is 5.54. The summed E-state index contributed by atoms with van der Waals surface area (Å²) in [7, 11) is 1.62. The zero-order valence-electron chi connectivity index (χ0n) is 11.2. The summed E-state index contributed by atoms with van der Waals surface area (Å²) < 4.78 is 10.8. The highest BCUT2D eigenvalue weighted by molar-refractivity contribution is 9.10. The van der Waals surface area contributed by atoms with Crippen molar-refractivity contribution in [3.63, 3.8) is 0 Å². The first kappa shape index (κ1) is 14.5. The molecule has 1 heterocycles. The zero-order chi connectivity index (χ0) is 14.9. The Balaban J connectivity index is 2.24. The van der Waals surface area contributed by atoms with E-state index in [0.29, 0.717) is 5.69 Å². The van der Waals surface area contributed by atoms with Crippen LogP contribution in [0.1, 0.15) is 13.8 Å². The van der Waals surface area contributed by atoms with Crippen molar-refractivity contribution >= 4 is 39.3 Å². The van der Waals surface area contributed by atoms with Crippen LogP contribution in [-0.2, 0) is 19.1 Å². The van der Waals surface area contributed by atoms with Crippen LogP contribution in [0, 0.1) is 0 Å². The van der Waals surface area contributed by atoms with Crippen molar-refractivity contribution in [1.82, 2.24) is 0 Å². The number of esters is 2. The van der Waals surface area contributed by atoms with Crippen LogP contribution in [0.5, 0.6) is 0 Å². The predicted octanol–water partition coefficient (Wildman–Crippen LogP) is 2.08. The molecule has 0 spiro atoms.